The van der Waals surface area contributed by atoms with Crippen molar-refractivity contribution >= 4 is 23.1 Å². The van der Waals surface area contributed by atoms with E-state index < -0.39 is 0 Å². The number of aryl methyl sites for hydroxylation is 1. The maximum absolute atomic E-state index is 12.9. The van der Waals surface area contributed by atoms with Crippen molar-refractivity contribution in [1.29, 1.82) is 0 Å². The molecule has 2 N–H and O–H groups in total. The molecular formula is C26H26N6O. The van der Waals surface area contributed by atoms with Gasteiger partial charge in [0.15, 0.2) is 0 Å². The second-order valence-corrected chi connectivity index (χ2v) is 8.26. The van der Waals surface area contributed by atoms with Gasteiger partial charge in [-0.15, -0.1) is 0 Å². The van der Waals surface area contributed by atoms with Crippen LogP contribution in [0.1, 0.15) is 16.8 Å². The van der Waals surface area contributed by atoms with Gasteiger partial charge in [-0.05, 0) is 48.9 Å². The topological polar surface area (TPSA) is 75.1 Å². The van der Waals surface area contributed by atoms with E-state index >= 15 is 0 Å². The summed E-state index contributed by atoms with van der Waals surface area (Å²) in [7, 11) is 0. The van der Waals surface area contributed by atoms with E-state index in [1.807, 2.05) is 65.5 Å². The van der Waals surface area contributed by atoms with Crippen molar-refractivity contribution in [1.82, 2.24) is 19.4 Å². The largest absolute Gasteiger partial charge is 0.340 e. The van der Waals surface area contributed by atoms with Gasteiger partial charge in [0.1, 0.15) is 12.1 Å². The van der Waals surface area contributed by atoms with Crippen LogP contribution in [0.5, 0.6) is 0 Å². The van der Waals surface area contributed by atoms with Gasteiger partial charge in [-0.3, -0.25) is 9.69 Å². The molecule has 0 aliphatic carbocycles. The number of amides is 1. The molecule has 7 nitrogen and oxygen atoms in total. The number of carbonyl (C=O) groups is 1. The average Bonchev–Trinajstić information content (AvgIpc) is 3.35. The van der Waals surface area contributed by atoms with Crippen LogP contribution in [0.4, 0.5) is 17.2 Å². The Hall–Kier alpha value is -3.97. The lowest BCUT2D eigenvalue weighted by Gasteiger charge is -2.28. The highest BCUT2D eigenvalue weighted by Crippen LogP contribution is 2.26. The maximum atomic E-state index is 12.9. The first-order valence-electron chi connectivity index (χ1n) is 11.1. The summed E-state index contributed by atoms with van der Waals surface area (Å²) in [6, 6.07) is 20.0. The second kappa shape index (κ2) is 9.26. The molecule has 0 spiro atoms. The van der Waals surface area contributed by atoms with E-state index in [1.54, 1.807) is 6.33 Å². The third-order valence-electron chi connectivity index (χ3n) is 5.79. The third-order valence-corrected chi connectivity index (χ3v) is 5.79. The number of aromatic nitrogens is 3. The van der Waals surface area contributed by atoms with E-state index in [9.17, 15) is 4.79 Å². The number of benzene rings is 2. The molecular weight excluding hydrogens is 412 g/mol. The van der Waals surface area contributed by atoms with Crippen LogP contribution in [-0.2, 0) is 17.8 Å². The molecule has 0 radical (unpaired) electrons. The molecule has 5 rings (SSSR count). The first kappa shape index (κ1) is 20.9. The van der Waals surface area contributed by atoms with Crippen LogP contribution in [0.3, 0.4) is 0 Å². The smallest absolute Gasteiger partial charge is 0.238 e. The van der Waals surface area contributed by atoms with Crippen molar-refractivity contribution in [2.45, 2.75) is 19.9 Å². The Kier molecular flexibility index (Phi) is 5.87. The van der Waals surface area contributed by atoms with Crippen molar-refractivity contribution in [2.24, 2.45) is 0 Å². The molecule has 0 atom stereocenters. The van der Waals surface area contributed by atoms with Crippen LogP contribution in [0.25, 0.3) is 5.69 Å². The standard InChI is InChI=1S/C26H26N6O/c1-19-7-6-8-20(15-19)29-26-21-16-31(14-11-22(21)27-18-28-26)17-25(33)30-23-9-2-3-10-24(23)32-12-4-5-13-32/h2-10,12-13,15,18H,11,14,16-17H2,1H3,(H,30,33)(H,27,28,29). The van der Waals surface area contributed by atoms with Crippen LogP contribution < -0.4 is 10.6 Å². The van der Waals surface area contributed by atoms with Gasteiger partial charge >= 0.3 is 0 Å². The Morgan fingerprint density at radius 1 is 1.03 bits per heavy atom. The van der Waals surface area contributed by atoms with Crippen LogP contribution in [0, 0.1) is 6.92 Å². The van der Waals surface area contributed by atoms with Gasteiger partial charge in [-0.1, -0.05) is 24.3 Å². The quantitative estimate of drug-likeness (QED) is 0.469. The predicted molar refractivity (Wildman–Crippen MR) is 130 cm³/mol. The average molecular weight is 439 g/mol. The molecule has 1 aliphatic rings. The van der Waals surface area contributed by atoms with E-state index in [2.05, 4.69) is 44.6 Å². The Bertz CT molecular complexity index is 1270. The Labute approximate surface area is 193 Å². The fourth-order valence-electron chi connectivity index (χ4n) is 4.19. The van der Waals surface area contributed by atoms with E-state index in [0.717, 1.165) is 47.1 Å². The van der Waals surface area contributed by atoms with E-state index in [1.165, 1.54) is 5.56 Å². The molecule has 0 saturated carbocycles. The van der Waals surface area contributed by atoms with E-state index in [0.29, 0.717) is 13.1 Å². The van der Waals surface area contributed by atoms with Gasteiger partial charge < -0.3 is 15.2 Å². The summed E-state index contributed by atoms with van der Waals surface area (Å²) in [5.41, 5.74) is 5.99. The van der Waals surface area contributed by atoms with Crippen molar-refractivity contribution in [3.8, 4) is 5.69 Å². The van der Waals surface area contributed by atoms with E-state index in [4.69, 9.17) is 0 Å². The minimum atomic E-state index is -0.0388. The number of anilines is 3. The van der Waals surface area contributed by atoms with Crippen LogP contribution in [-0.4, -0.2) is 38.4 Å². The lowest BCUT2D eigenvalue weighted by molar-refractivity contribution is -0.117. The molecule has 2 aromatic heterocycles. The second-order valence-electron chi connectivity index (χ2n) is 8.26. The minimum Gasteiger partial charge on any atom is -0.340 e. The maximum Gasteiger partial charge on any atom is 0.238 e. The molecule has 3 heterocycles. The first-order chi connectivity index (χ1) is 16.2. The number of rotatable bonds is 6. The molecule has 0 fully saturated rings. The molecule has 166 valence electrons. The molecule has 33 heavy (non-hydrogen) atoms. The molecule has 7 heteroatoms. The molecule has 1 aliphatic heterocycles. The van der Waals surface area contributed by atoms with Gasteiger partial charge in [-0.25, -0.2) is 9.97 Å². The molecule has 4 aromatic rings. The van der Waals surface area contributed by atoms with Gasteiger partial charge in [0.2, 0.25) is 5.91 Å². The van der Waals surface area contributed by atoms with Gasteiger partial charge in [0, 0.05) is 43.2 Å². The van der Waals surface area contributed by atoms with Gasteiger partial charge in [-0.2, -0.15) is 0 Å². The van der Waals surface area contributed by atoms with Crippen molar-refractivity contribution < 1.29 is 4.79 Å². The number of nitrogens with one attached hydrogen (secondary N) is 2. The molecule has 0 unspecified atom stereocenters. The summed E-state index contributed by atoms with van der Waals surface area (Å²) in [6.07, 6.45) is 6.33. The summed E-state index contributed by atoms with van der Waals surface area (Å²) in [5, 5.41) is 6.51. The molecule has 2 aromatic carbocycles. The lowest BCUT2D eigenvalue weighted by atomic mass is 10.1. The SMILES string of the molecule is Cc1cccc(Nc2ncnc3c2CN(CC(=O)Nc2ccccc2-n2cccc2)CC3)c1. The zero-order valence-electron chi connectivity index (χ0n) is 18.5. The summed E-state index contributed by atoms with van der Waals surface area (Å²) in [5.74, 6) is 0.761. The number of hydrogen-bond donors (Lipinski definition) is 2. The van der Waals surface area contributed by atoms with Crippen molar-refractivity contribution in [3.63, 3.8) is 0 Å². The summed E-state index contributed by atoms with van der Waals surface area (Å²) >= 11 is 0. The molecule has 0 saturated heterocycles. The molecule has 0 bridgehead atoms. The number of hydrogen-bond acceptors (Lipinski definition) is 5. The minimum absolute atomic E-state index is 0.0388. The van der Waals surface area contributed by atoms with E-state index in [-0.39, 0.29) is 5.91 Å². The zero-order valence-corrected chi connectivity index (χ0v) is 18.5. The van der Waals surface area contributed by atoms with Crippen molar-refractivity contribution in [2.75, 3.05) is 23.7 Å². The van der Waals surface area contributed by atoms with Gasteiger partial charge in [0.25, 0.3) is 0 Å². The zero-order chi connectivity index (χ0) is 22.6. The van der Waals surface area contributed by atoms with Crippen LogP contribution >= 0.6 is 0 Å². The number of para-hydroxylation sites is 2. The Morgan fingerprint density at radius 2 is 1.88 bits per heavy atom. The lowest BCUT2D eigenvalue weighted by Crippen LogP contribution is -2.38. The number of nitrogens with zero attached hydrogens (tertiary/aromatic N) is 4. The molecule has 1 amide bonds. The predicted octanol–water partition coefficient (Wildman–Crippen LogP) is 4.32. The highest BCUT2D eigenvalue weighted by molar-refractivity contribution is 5.94. The summed E-state index contributed by atoms with van der Waals surface area (Å²) < 4.78 is 1.99. The number of carbonyl (C=O) groups excluding carboxylic acids is 1. The fraction of sp³-hybridized carbons (Fsp3) is 0.192. The van der Waals surface area contributed by atoms with Gasteiger partial charge in [0.05, 0.1) is 23.6 Å². The van der Waals surface area contributed by atoms with Crippen molar-refractivity contribution in [3.05, 3.63) is 96.2 Å². The number of fused-ring (bicyclic) bond motifs is 1. The summed E-state index contributed by atoms with van der Waals surface area (Å²) in [6.45, 7) is 3.77. The van der Waals surface area contributed by atoms with Crippen LogP contribution in [0.2, 0.25) is 0 Å². The highest BCUT2D eigenvalue weighted by Gasteiger charge is 2.23. The fourth-order valence-corrected chi connectivity index (χ4v) is 4.19. The highest BCUT2D eigenvalue weighted by atomic mass is 16.2. The first-order valence-corrected chi connectivity index (χ1v) is 11.1. The summed E-state index contributed by atoms with van der Waals surface area (Å²) in [4.78, 5) is 24.0. The Morgan fingerprint density at radius 3 is 2.73 bits per heavy atom. The van der Waals surface area contributed by atoms with Crippen LogP contribution in [0.15, 0.2) is 79.4 Å². The monoisotopic (exact) mass is 438 g/mol. The third kappa shape index (κ3) is 4.78. The Balaban J connectivity index is 1.29. The normalized spacial score (nSPS) is 13.4.